The van der Waals surface area contributed by atoms with E-state index in [-0.39, 0.29) is 17.4 Å². The Morgan fingerprint density at radius 3 is 0.946 bits per heavy atom. The van der Waals surface area contributed by atoms with Crippen molar-refractivity contribution in [2.75, 3.05) is 0 Å². The molecule has 0 atom stereocenters. The number of hydrogen-bond donors (Lipinski definition) is 3. The third-order valence-electron chi connectivity index (χ3n) is 5.86. The van der Waals surface area contributed by atoms with Gasteiger partial charge in [-0.2, -0.15) is 0 Å². The monoisotopic (exact) mass is 504 g/mol. The maximum atomic E-state index is 9.51. The number of fused-ring (bicyclic) bond motifs is 3. The summed E-state index contributed by atoms with van der Waals surface area (Å²) >= 11 is 0. The van der Waals surface area contributed by atoms with E-state index in [9.17, 15) is 15.3 Å². The summed E-state index contributed by atoms with van der Waals surface area (Å²) in [7, 11) is 0. The minimum absolute atomic E-state index is 0. The molecule has 0 saturated carbocycles. The zero-order chi connectivity index (χ0) is 25.7. The second-order valence-corrected chi connectivity index (χ2v) is 8.40. The number of pyridine rings is 3. The Morgan fingerprint density at radius 2 is 0.703 bits per heavy atom. The van der Waals surface area contributed by atoms with Crippen LogP contribution in [-0.2, 0) is 0 Å². The molecule has 0 fully saturated rings. The van der Waals surface area contributed by atoms with E-state index in [0.717, 1.165) is 49.4 Å². The number of aromatic nitrogens is 3. The molecule has 0 saturated heterocycles. The highest BCUT2D eigenvalue weighted by Crippen LogP contribution is 2.27. The molecule has 7 heteroatoms. The van der Waals surface area contributed by atoms with E-state index in [1.165, 1.54) is 0 Å². The average Bonchev–Trinajstić information content (AvgIpc) is 2.85. The van der Waals surface area contributed by atoms with Crippen molar-refractivity contribution in [3.05, 3.63) is 108 Å². The van der Waals surface area contributed by atoms with Crippen molar-refractivity contribution in [2.45, 2.75) is 20.8 Å². The first-order chi connectivity index (χ1) is 17.4. The average molecular weight is 505 g/mol. The Labute approximate surface area is 226 Å². The van der Waals surface area contributed by atoms with Gasteiger partial charge in [0.2, 0.25) is 0 Å². The third-order valence-corrected chi connectivity index (χ3v) is 5.86. The lowest BCUT2D eigenvalue weighted by Crippen LogP contribution is -1.81. The van der Waals surface area contributed by atoms with Crippen LogP contribution in [0, 0.1) is 20.8 Å². The molecule has 37 heavy (non-hydrogen) atoms. The molecule has 6 nitrogen and oxygen atoms in total. The summed E-state index contributed by atoms with van der Waals surface area (Å²) in [6.45, 7) is 5.89. The van der Waals surface area contributed by atoms with Crippen LogP contribution in [0.1, 0.15) is 16.7 Å². The fraction of sp³-hybridized carbons (Fsp3) is 0.100. The molecular formula is C30H27AlN3O3. The van der Waals surface area contributed by atoms with Crippen LogP contribution >= 0.6 is 0 Å². The SMILES string of the molecule is Cc1ccnc2cccc(O)c12.Cc1ccnc2cccc(O)c12.Cc1ccnc2cccc(O)c12.[Al]. The van der Waals surface area contributed by atoms with E-state index < -0.39 is 0 Å². The Balaban J connectivity index is 0.000000152. The molecule has 0 amide bonds. The minimum atomic E-state index is 0. The molecule has 183 valence electrons. The quantitative estimate of drug-likeness (QED) is 0.208. The lowest BCUT2D eigenvalue weighted by Gasteiger charge is -2.01. The fourth-order valence-electron chi connectivity index (χ4n) is 4.06. The molecule has 6 rings (SSSR count). The first-order valence-corrected chi connectivity index (χ1v) is 11.5. The van der Waals surface area contributed by atoms with Crippen LogP contribution in [0.3, 0.4) is 0 Å². The van der Waals surface area contributed by atoms with E-state index in [4.69, 9.17) is 0 Å². The van der Waals surface area contributed by atoms with Crippen molar-refractivity contribution in [1.29, 1.82) is 0 Å². The maximum absolute atomic E-state index is 9.51. The van der Waals surface area contributed by atoms with Crippen molar-refractivity contribution in [1.82, 2.24) is 15.0 Å². The van der Waals surface area contributed by atoms with E-state index in [1.54, 1.807) is 55.0 Å². The van der Waals surface area contributed by atoms with Gasteiger partial charge in [-0.25, -0.2) is 0 Å². The Bertz CT molecular complexity index is 1360. The van der Waals surface area contributed by atoms with Crippen LogP contribution in [-0.4, -0.2) is 47.6 Å². The van der Waals surface area contributed by atoms with Crippen LogP contribution in [0.4, 0.5) is 0 Å². The topological polar surface area (TPSA) is 99.4 Å². The highest BCUT2D eigenvalue weighted by atomic mass is 27.0. The summed E-state index contributed by atoms with van der Waals surface area (Å²) < 4.78 is 0. The normalized spacial score (nSPS) is 10.1. The summed E-state index contributed by atoms with van der Waals surface area (Å²) in [4.78, 5) is 12.4. The first-order valence-electron chi connectivity index (χ1n) is 11.5. The van der Waals surface area contributed by atoms with E-state index in [1.807, 2.05) is 57.2 Å². The van der Waals surface area contributed by atoms with E-state index in [2.05, 4.69) is 15.0 Å². The molecule has 0 spiro atoms. The zero-order valence-corrected chi connectivity index (χ0v) is 22.1. The van der Waals surface area contributed by atoms with Gasteiger partial charge in [-0.05, 0) is 92.1 Å². The summed E-state index contributed by atoms with van der Waals surface area (Å²) in [5, 5.41) is 31.1. The van der Waals surface area contributed by atoms with E-state index in [0.29, 0.717) is 17.2 Å². The molecule has 3 heterocycles. The second kappa shape index (κ2) is 12.2. The molecule has 0 aliphatic heterocycles. The van der Waals surface area contributed by atoms with Crippen molar-refractivity contribution < 1.29 is 15.3 Å². The van der Waals surface area contributed by atoms with Gasteiger partial charge in [0.25, 0.3) is 0 Å². The third kappa shape index (κ3) is 6.15. The molecule has 0 bridgehead atoms. The van der Waals surface area contributed by atoms with E-state index >= 15 is 0 Å². The summed E-state index contributed by atoms with van der Waals surface area (Å²) in [5.41, 5.74) is 5.69. The molecule has 0 aliphatic rings. The summed E-state index contributed by atoms with van der Waals surface area (Å²) in [5.74, 6) is 0.911. The van der Waals surface area contributed by atoms with Crippen molar-refractivity contribution >= 4 is 50.1 Å². The smallest absolute Gasteiger partial charge is 0.125 e. The predicted molar refractivity (Wildman–Crippen MR) is 150 cm³/mol. The molecule has 3 aromatic heterocycles. The van der Waals surface area contributed by atoms with Gasteiger partial charge < -0.3 is 15.3 Å². The highest BCUT2D eigenvalue weighted by molar-refractivity contribution is 5.89. The number of hydrogen-bond acceptors (Lipinski definition) is 6. The Hall–Kier alpha value is -4.18. The van der Waals surface area contributed by atoms with Crippen molar-refractivity contribution in [2.24, 2.45) is 0 Å². The number of aromatic hydroxyl groups is 3. The molecule has 0 aliphatic carbocycles. The molecular weight excluding hydrogens is 477 g/mol. The number of rotatable bonds is 0. The van der Waals surface area contributed by atoms with Crippen LogP contribution < -0.4 is 0 Å². The summed E-state index contributed by atoms with van der Waals surface area (Å²) in [6, 6.07) is 21.8. The van der Waals surface area contributed by atoms with Gasteiger partial charge in [0.15, 0.2) is 0 Å². The highest BCUT2D eigenvalue weighted by Gasteiger charge is 2.03. The number of phenols is 3. The van der Waals surface area contributed by atoms with Gasteiger partial charge in [0, 0.05) is 52.1 Å². The largest absolute Gasteiger partial charge is 0.507 e. The van der Waals surface area contributed by atoms with Crippen molar-refractivity contribution in [3.8, 4) is 17.2 Å². The van der Waals surface area contributed by atoms with Gasteiger partial charge in [-0.3, -0.25) is 15.0 Å². The number of phenolic OH excluding ortho intramolecular Hbond substituents is 3. The van der Waals surface area contributed by atoms with Gasteiger partial charge in [0.1, 0.15) is 17.2 Å². The standard InChI is InChI=1S/3C10H9NO.Al/c3*1-7-5-6-11-8-3-2-4-9(12)10(7)8;/h3*2-6,12H,1H3;. The number of nitrogens with zero attached hydrogens (tertiary/aromatic N) is 3. The summed E-state index contributed by atoms with van der Waals surface area (Å²) in [6.07, 6.45) is 5.24. The fourth-order valence-corrected chi connectivity index (χ4v) is 4.06. The van der Waals surface area contributed by atoms with Gasteiger partial charge in [0.05, 0.1) is 16.6 Å². The lowest BCUT2D eigenvalue weighted by atomic mass is 10.1. The number of aryl methyl sites for hydroxylation is 3. The van der Waals surface area contributed by atoms with Gasteiger partial charge >= 0.3 is 0 Å². The minimum Gasteiger partial charge on any atom is -0.507 e. The second-order valence-electron chi connectivity index (χ2n) is 8.40. The number of benzene rings is 3. The molecule has 3 aromatic carbocycles. The molecule has 3 N–H and O–H groups in total. The molecule has 6 aromatic rings. The van der Waals surface area contributed by atoms with Crippen LogP contribution in [0.5, 0.6) is 17.2 Å². The first kappa shape index (κ1) is 27.4. The van der Waals surface area contributed by atoms with Crippen LogP contribution in [0.2, 0.25) is 0 Å². The molecule has 3 radical (unpaired) electrons. The predicted octanol–water partition coefficient (Wildman–Crippen LogP) is 6.37. The molecule has 0 unspecified atom stereocenters. The Morgan fingerprint density at radius 1 is 0.432 bits per heavy atom. The lowest BCUT2D eigenvalue weighted by molar-refractivity contribution is 0.481. The van der Waals surface area contributed by atoms with Gasteiger partial charge in [-0.15, -0.1) is 0 Å². The van der Waals surface area contributed by atoms with Gasteiger partial charge in [-0.1, -0.05) is 18.2 Å². The van der Waals surface area contributed by atoms with Crippen LogP contribution in [0.25, 0.3) is 32.7 Å². The Kier molecular flexibility index (Phi) is 9.02. The van der Waals surface area contributed by atoms with Crippen molar-refractivity contribution in [3.63, 3.8) is 0 Å². The zero-order valence-electron chi connectivity index (χ0n) is 20.9. The van der Waals surface area contributed by atoms with Crippen LogP contribution in [0.15, 0.2) is 91.4 Å². The maximum Gasteiger partial charge on any atom is 0.125 e.